The van der Waals surface area contributed by atoms with E-state index in [1.807, 2.05) is 18.2 Å². The van der Waals surface area contributed by atoms with E-state index in [0.29, 0.717) is 46.7 Å². The second-order valence-electron chi connectivity index (χ2n) is 7.39. The number of hydrogen-bond donors (Lipinski definition) is 0. The predicted octanol–water partition coefficient (Wildman–Crippen LogP) is 4.29. The Morgan fingerprint density at radius 1 is 0.968 bits per heavy atom. The molecule has 0 atom stereocenters. The van der Waals surface area contributed by atoms with Crippen LogP contribution < -0.4 is 4.74 Å². The molecule has 1 aromatic heterocycles. The number of carbonyl (C=O) groups is 3. The van der Waals surface area contributed by atoms with Crippen LogP contribution in [0.1, 0.15) is 45.7 Å². The van der Waals surface area contributed by atoms with Crippen molar-refractivity contribution in [3.63, 3.8) is 0 Å². The minimum Gasteiger partial charge on any atom is -0.491 e. The molecule has 0 spiro atoms. The van der Waals surface area contributed by atoms with Crippen LogP contribution in [0.5, 0.6) is 5.75 Å². The fourth-order valence-corrected chi connectivity index (χ4v) is 3.55. The van der Waals surface area contributed by atoms with Gasteiger partial charge in [0.1, 0.15) is 17.2 Å². The zero-order valence-corrected chi connectivity index (χ0v) is 17.1. The molecule has 156 valence electrons. The summed E-state index contributed by atoms with van der Waals surface area (Å²) in [6.45, 7) is 5.67. The molecule has 6 nitrogen and oxygen atoms in total. The lowest BCUT2D eigenvalue weighted by Crippen LogP contribution is -2.14. The highest BCUT2D eigenvalue weighted by molar-refractivity contribution is 6.29. The number of fused-ring (bicyclic) bond motifs is 2. The van der Waals surface area contributed by atoms with Crippen molar-refractivity contribution in [2.24, 2.45) is 0 Å². The van der Waals surface area contributed by atoms with Crippen LogP contribution in [-0.2, 0) is 9.53 Å². The molecule has 0 aliphatic heterocycles. The van der Waals surface area contributed by atoms with E-state index >= 15 is 0 Å². The van der Waals surface area contributed by atoms with Gasteiger partial charge in [-0.25, -0.2) is 9.78 Å². The summed E-state index contributed by atoms with van der Waals surface area (Å²) in [7, 11) is 0. The van der Waals surface area contributed by atoms with Crippen LogP contribution >= 0.6 is 0 Å². The number of rotatable bonds is 7. The zero-order valence-electron chi connectivity index (χ0n) is 17.1. The first-order chi connectivity index (χ1) is 15.0. The van der Waals surface area contributed by atoms with Gasteiger partial charge in [-0.2, -0.15) is 0 Å². The topological polar surface area (TPSA) is 82.6 Å². The van der Waals surface area contributed by atoms with Crippen molar-refractivity contribution in [3.05, 3.63) is 83.6 Å². The van der Waals surface area contributed by atoms with Crippen LogP contribution in [0.4, 0.5) is 0 Å². The van der Waals surface area contributed by atoms with Crippen LogP contribution in [0.15, 0.2) is 66.7 Å². The van der Waals surface area contributed by atoms with Crippen molar-refractivity contribution in [2.75, 3.05) is 13.2 Å². The molecule has 2 aromatic carbocycles. The summed E-state index contributed by atoms with van der Waals surface area (Å²) in [5.74, 6) is -1.28. The van der Waals surface area contributed by atoms with Gasteiger partial charge < -0.3 is 9.47 Å². The summed E-state index contributed by atoms with van der Waals surface area (Å²) in [6.07, 6.45) is 0.504. The minimum atomic E-state index is -0.934. The molecule has 0 N–H and O–H groups in total. The maximum absolute atomic E-state index is 12.8. The molecule has 1 heterocycles. The van der Waals surface area contributed by atoms with Crippen LogP contribution in [-0.4, -0.2) is 35.7 Å². The quantitative estimate of drug-likeness (QED) is 0.248. The summed E-state index contributed by atoms with van der Waals surface area (Å²) >= 11 is 0. The third kappa shape index (κ3) is 3.97. The summed E-state index contributed by atoms with van der Waals surface area (Å²) < 4.78 is 10.9. The Kier molecular flexibility index (Phi) is 5.62. The van der Waals surface area contributed by atoms with Gasteiger partial charge in [-0.1, -0.05) is 49.0 Å². The van der Waals surface area contributed by atoms with Gasteiger partial charge >= 0.3 is 5.97 Å². The summed E-state index contributed by atoms with van der Waals surface area (Å²) in [5.41, 5.74) is 2.21. The number of para-hydroxylation sites is 1. The Morgan fingerprint density at radius 2 is 1.68 bits per heavy atom. The van der Waals surface area contributed by atoms with E-state index in [1.54, 1.807) is 43.3 Å². The Morgan fingerprint density at radius 3 is 2.35 bits per heavy atom. The first kappa shape index (κ1) is 20.5. The highest BCUT2D eigenvalue weighted by Gasteiger charge is 2.40. The normalized spacial score (nSPS) is 13.3. The first-order valence-electron chi connectivity index (χ1n) is 10.00. The lowest BCUT2D eigenvalue weighted by atomic mass is 9.98. The van der Waals surface area contributed by atoms with Crippen molar-refractivity contribution in [1.29, 1.82) is 0 Å². The molecule has 1 aliphatic carbocycles. The Hall–Kier alpha value is -3.80. The molecule has 3 aromatic rings. The highest BCUT2D eigenvalue weighted by atomic mass is 16.5. The van der Waals surface area contributed by atoms with E-state index in [0.717, 1.165) is 5.39 Å². The maximum Gasteiger partial charge on any atom is 0.333 e. The second kappa shape index (κ2) is 8.52. The molecule has 0 saturated carbocycles. The Bertz CT molecular complexity index is 1180. The lowest BCUT2D eigenvalue weighted by molar-refractivity contribution is -0.139. The molecule has 0 radical (unpaired) electrons. The fraction of sp³-hybridized carbons (Fsp3) is 0.200. The number of carbonyl (C=O) groups excluding carboxylic acids is 3. The average molecular weight is 415 g/mol. The molecule has 1 aliphatic rings. The molecular weight excluding hydrogens is 394 g/mol. The minimum absolute atomic E-state index is 0.221. The summed E-state index contributed by atoms with van der Waals surface area (Å²) in [4.78, 5) is 41.7. The largest absolute Gasteiger partial charge is 0.491 e. The number of benzene rings is 2. The maximum atomic E-state index is 12.8. The average Bonchev–Trinajstić information content (AvgIpc) is 3.03. The SMILES string of the molecule is C=C(C)C(=O)OCCCOc1cccc2ccc(C3C(=O)c4ccccc4C3=O)nc12. The molecule has 6 heteroatoms. The molecule has 0 unspecified atom stereocenters. The van der Waals surface area contributed by atoms with Crippen molar-refractivity contribution in [3.8, 4) is 5.75 Å². The van der Waals surface area contributed by atoms with E-state index in [-0.39, 0.29) is 18.2 Å². The highest BCUT2D eigenvalue weighted by Crippen LogP contribution is 2.34. The number of Topliss-reactive ketones (excluding diaryl/α,β-unsaturated/α-hetero) is 2. The second-order valence-corrected chi connectivity index (χ2v) is 7.39. The van der Waals surface area contributed by atoms with Crippen LogP contribution in [0.3, 0.4) is 0 Å². The Balaban J connectivity index is 1.53. The smallest absolute Gasteiger partial charge is 0.333 e. The third-order valence-electron chi connectivity index (χ3n) is 5.11. The van der Waals surface area contributed by atoms with Crippen molar-refractivity contribution >= 4 is 28.4 Å². The van der Waals surface area contributed by atoms with Crippen molar-refractivity contribution in [2.45, 2.75) is 19.3 Å². The zero-order chi connectivity index (χ0) is 22.0. The Labute approximate surface area is 179 Å². The van der Waals surface area contributed by atoms with Gasteiger partial charge in [0.15, 0.2) is 11.6 Å². The number of pyridine rings is 1. The van der Waals surface area contributed by atoms with Gasteiger partial charge in [-0.05, 0) is 19.1 Å². The number of hydrogen-bond acceptors (Lipinski definition) is 6. The molecule has 0 amide bonds. The van der Waals surface area contributed by atoms with E-state index in [1.165, 1.54) is 0 Å². The molecular formula is C25H21NO5. The molecule has 31 heavy (non-hydrogen) atoms. The van der Waals surface area contributed by atoms with Crippen LogP contribution in [0, 0.1) is 0 Å². The van der Waals surface area contributed by atoms with Crippen LogP contribution in [0.2, 0.25) is 0 Å². The number of nitrogens with zero attached hydrogens (tertiary/aromatic N) is 1. The molecule has 0 saturated heterocycles. The fourth-order valence-electron chi connectivity index (χ4n) is 3.55. The van der Waals surface area contributed by atoms with E-state index < -0.39 is 11.9 Å². The lowest BCUT2D eigenvalue weighted by Gasteiger charge is -2.12. The van der Waals surface area contributed by atoms with Gasteiger partial charge in [0.2, 0.25) is 0 Å². The van der Waals surface area contributed by atoms with E-state index in [9.17, 15) is 14.4 Å². The van der Waals surface area contributed by atoms with Crippen molar-refractivity contribution in [1.82, 2.24) is 4.98 Å². The summed E-state index contributed by atoms with van der Waals surface area (Å²) in [6, 6.07) is 15.9. The standard InChI is InChI=1S/C25H21NO5/c1-15(2)25(29)31-14-6-13-30-20-10-5-7-16-11-12-19(26-22(16)20)21-23(27)17-8-3-4-9-18(17)24(21)28/h3-5,7-12,21H,1,6,13-14H2,2H3. The first-order valence-corrected chi connectivity index (χ1v) is 10.00. The molecule has 0 fully saturated rings. The number of aromatic nitrogens is 1. The monoisotopic (exact) mass is 415 g/mol. The van der Waals surface area contributed by atoms with Gasteiger partial charge in [0, 0.05) is 28.5 Å². The van der Waals surface area contributed by atoms with Gasteiger partial charge in [0.25, 0.3) is 0 Å². The van der Waals surface area contributed by atoms with E-state index in [2.05, 4.69) is 11.6 Å². The van der Waals surface area contributed by atoms with Gasteiger partial charge in [-0.3, -0.25) is 9.59 Å². The summed E-state index contributed by atoms with van der Waals surface area (Å²) in [5, 5.41) is 0.838. The van der Waals surface area contributed by atoms with Crippen LogP contribution in [0.25, 0.3) is 10.9 Å². The molecule has 4 rings (SSSR count). The molecule has 0 bridgehead atoms. The number of ether oxygens (including phenoxy) is 2. The number of esters is 1. The van der Waals surface area contributed by atoms with Crippen molar-refractivity contribution < 1.29 is 23.9 Å². The van der Waals surface area contributed by atoms with Gasteiger partial charge in [0.05, 0.1) is 18.9 Å². The van der Waals surface area contributed by atoms with Gasteiger partial charge in [-0.15, -0.1) is 0 Å². The number of ketones is 2. The van der Waals surface area contributed by atoms with E-state index in [4.69, 9.17) is 9.47 Å². The third-order valence-corrected chi connectivity index (χ3v) is 5.11. The predicted molar refractivity (Wildman–Crippen MR) is 115 cm³/mol.